The van der Waals surface area contributed by atoms with Gasteiger partial charge in [0.25, 0.3) is 10.0 Å². The van der Waals surface area contributed by atoms with Gasteiger partial charge in [0.05, 0.1) is 6.07 Å². The first kappa shape index (κ1) is 14.5. The molecule has 1 aromatic heterocycles. The van der Waals surface area contributed by atoms with Crippen LogP contribution in [0.15, 0.2) is 16.3 Å². The fraction of sp³-hybridized carbons (Fsp3) is 0.615. The number of hydrogen-bond donors (Lipinski definition) is 1. The van der Waals surface area contributed by atoms with E-state index < -0.39 is 16.1 Å². The molecule has 0 spiro atoms. The molecule has 0 bridgehead atoms. The number of sulfonamides is 1. The van der Waals surface area contributed by atoms with Gasteiger partial charge < -0.3 is 0 Å². The van der Waals surface area contributed by atoms with E-state index >= 15 is 0 Å². The maximum atomic E-state index is 12.2. The van der Waals surface area contributed by atoms with Gasteiger partial charge in [-0.05, 0) is 37.8 Å². The molecule has 1 N–H and O–H groups in total. The van der Waals surface area contributed by atoms with E-state index in [2.05, 4.69) is 10.8 Å². The summed E-state index contributed by atoms with van der Waals surface area (Å²) >= 11 is 1.23. The molecule has 1 aromatic rings. The second-order valence-corrected chi connectivity index (χ2v) is 8.22. The molecule has 1 saturated carbocycles. The quantitative estimate of drug-likeness (QED) is 0.929. The maximum absolute atomic E-state index is 12.2. The molecule has 1 aliphatic rings. The van der Waals surface area contributed by atoms with Crippen LogP contribution in [-0.4, -0.2) is 14.5 Å². The second-order valence-electron chi connectivity index (χ2n) is 4.99. The van der Waals surface area contributed by atoms with Gasteiger partial charge in [0, 0.05) is 4.88 Å². The average Bonchev–Trinajstić information content (AvgIpc) is 2.85. The Hall–Kier alpha value is -0.900. The van der Waals surface area contributed by atoms with Gasteiger partial charge in [0.15, 0.2) is 0 Å². The molecule has 1 heterocycles. The van der Waals surface area contributed by atoms with E-state index in [1.54, 1.807) is 12.1 Å². The third-order valence-corrected chi connectivity index (χ3v) is 6.46. The molecule has 0 saturated heterocycles. The lowest BCUT2D eigenvalue weighted by Gasteiger charge is -2.25. The van der Waals surface area contributed by atoms with Crippen molar-refractivity contribution in [2.45, 2.75) is 49.3 Å². The fourth-order valence-corrected chi connectivity index (χ4v) is 4.99. The summed E-state index contributed by atoms with van der Waals surface area (Å²) in [5, 5.41) is 9.22. The van der Waals surface area contributed by atoms with Gasteiger partial charge in [-0.1, -0.05) is 19.3 Å². The van der Waals surface area contributed by atoms with Crippen LogP contribution in [0.4, 0.5) is 0 Å². The van der Waals surface area contributed by atoms with Crippen molar-refractivity contribution in [1.29, 1.82) is 5.26 Å². The van der Waals surface area contributed by atoms with Crippen LogP contribution >= 0.6 is 11.3 Å². The van der Waals surface area contributed by atoms with Crippen molar-refractivity contribution in [2.24, 2.45) is 5.92 Å². The van der Waals surface area contributed by atoms with Crippen molar-refractivity contribution in [3.05, 3.63) is 17.0 Å². The first-order valence-corrected chi connectivity index (χ1v) is 8.81. The summed E-state index contributed by atoms with van der Waals surface area (Å²) in [5.74, 6) is 0.148. The Morgan fingerprint density at radius 1 is 1.37 bits per heavy atom. The molecule has 0 aliphatic heterocycles. The molecule has 1 atom stereocenters. The summed E-state index contributed by atoms with van der Waals surface area (Å²) in [4.78, 5) is 0.951. The number of nitrogens with zero attached hydrogens (tertiary/aromatic N) is 1. The zero-order chi connectivity index (χ0) is 13.9. The first-order valence-electron chi connectivity index (χ1n) is 6.51. The summed E-state index contributed by atoms with van der Waals surface area (Å²) in [6.07, 6.45) is 5.23. The average molecular weight is 298 g/mol. The van der Waals surface area contributed by atoms with E-state index in [1.165, 1.54) is 17.8 Å². The minimum absolute atomic E-state index is 0.148. The summed E-state index contributed by atoms with van der Waals surface area (Å²) < 4.78 is 27.3. The van der Waals surface area contributed by atoms with Gasteiger partial charge in [-0.3, -0.25) is 0 Å². The Kier molecular flexibility index (Phi) is 4.61. The molecule has 1 fully saturated rings. The molecule has 104 valence electrons. The predicted octanol–water partition coefficient (Wildman–Crippen LogP) is 2.81. The maximum Gasteiger partial charge on any atom is 0.251 e. The van der Waals surface area contributed by atoms with Gasteiger partial charge in [-0.25, -0.2) is 8.42 Å². The molecule has 6 heteroatoms. The fourth-order valence-electron chi connectivity index (χ4n) is 2.48. The highest BCUT2D eigenvalue weighted by Crippen LogP contribution is 2.28. The van der Waals surface area contributed by atoms with Crippen molar-refractivity contribution >= 4 is 21.4 Å². The van der Waals surface area contributed by atoms with Gasteiger partial charge >= 0.3 is 0 Å². The number of nitriles is 1. The molecule has 0 amide bonds. The highest BCUT2D eigenvalue weighted by molar-refractivity contribution is 7.91. The lowest BCUT2D eigenvalue weighted by atomic mass is 9.85. The number of hydrogen-bond acceptors (Lipinski definition) is 4. The normalized spacial score (nSPS) is 18.9. The lowest BCUT2D eigenvalue weighted by molar-refractivity contribution is 0.324. The van der Waals surface area contributed by atoms with Crippen LogP contribution in [0.2, 0.25) is 0 Å². The van der Waals surface area contributed by atoms with Crippen LogP contribution < -0.4 is 4.72 Å². The topological polar surface area (TPSA) is 70.0 Å². The van der Waals surface area contributed by atoms with E-state index in [0.717, 1.165) is 30.6 Å². The Labute approximate surface area is 118 Å². The molecule has 0 radical (unpaired) electrons. The highest BCUT2D eigenvalue weighted by Gasteiger charge is 2.28. The monoisotopic (exact) mass is 298 g/mol. The summed E-state index contributed by atoms with van der Waals surface area (Å²) in [5.41, 5.74) is 0. The van der Waals surface area contributed by atoms with E-state index in [9.17, 15) is 13.7 Å². The molecular weight excluding hydrogens is 280 g/mol. The van der Waals surface area contributed by atoms with Crippen LogP contribution in [0.5, 0.6) is 0 Å². The van der Waals surface area contributed by atoms with Crippen molar-refractivity contribution < 1.29 is 8.42 Å². The van der Waals surface area contributed by atoms with Crippen molar-refractivity contribution in [2.75, 3.05) is 0 Å². The molecular formula is C13H18N2O2S2. The number of thiophene rings is 1. The van der Waals surface area contributed by atoms with E-state index in [-0.39, 0.29) is 5.92 Å². The zero-order valence-corrected chi connectivity index (χ0v) is 12.6. The van der Waals surface area contributed by atoms with Crippen LogP contribution in [0.25, 0.3) is 0 Å². The largest absolute Gasteiger partial charge is 0.251 e. The summed E-state index contributed by atoms with van der Waals surface area (Å²) in [7, 11) is -3.55. The van der Waals surface area contributed by atoms with Crippen LogP contribution in [-0.2, 0) is 10.0 Å². The van der Waals surface area contributed by atoms with Crippen LogP contribution in [0.3, 0.4) is 0 Å². The Balaban J connectivity index is 2.11. The minimum Gasteiger partial charge on any atom is -0.206 e. The number of aryl methyl sites for hydroxylation is 1. The molecule has 19 heavy (non-hydrogen) atoms. The van der Waals surface area contributed by atoms with Crippen molar-refractivity contribution in [1.82, 2.24) is 4.72 Å². The van der Waals surface area contributed by atoms with Gasteiger partial charge in [0.2, 0.25) is 0 Å². The second kappa shape index (κ2) is 6.04. The molecule has 0 aromatic carbocycles. The van der Waals surface area contributed by atoms with E-state index in [0.29, 0.717) is 4.21 Å². The Morgan fingerprint density at radius 2 is 2.05 bits per heavy atom. The molecule has 4 nitrogen and oxygen atoms in total. The van der Waals surface area contributed by atoms with Gasteiger partial charge in [0.1, 0.15) is 10.3 Å². The summed E-state index contributed by atoms with van der Waals surface area (Å²) in [6, 6.07) is 4.89. The van der Waals surface area contributed by atoms with Crippen molar-refractivity contribution in [3.63, 3.8) is 0 Å². The third-order valence-electron chi connectivity index (χ3n) is 3.52. The third kappa shape index (κ3) is 3.56. The van der Waals surface area contributed by atoms with Gasteiger partial charge in [-0.2, -0.15) is 9.98 Å². The van der Waals surface area contributed by atoms with Crippen molar-refractivity contribution in [3.8, 4) is 6.07 Å². The molecule has 1 unspecified atom stereocenters. The SMILES string of the molecule is Cc1ccc(S(=O)(=O)NC(C#N)C2CCCCC2)s1. The standard InChI is InChI=1S/C13H18N2O2S2/c1-10-7-8-13(18-10)19(16,17)15-12(9-14)11-5-3-2-4-6-11/h7-8,11-12,15H,2-6H2,1H3. The Bertz CT molecular complexity index is 566. The van der Waals surface area contributed by atoms with Gasteiger partial charge in [-0.15, -0.1) is 11.3 Å². The van der Waals surface area contributed by atoms with E-state index in [4.69, 9.17) is 0 Å². The van der Waals surface area contributed by atoms with Crippen LogP contribution in [0, 0.1) is 24.2 Å². The molecule has 2 rings (SSSR count). The summed E-state index contributed by atoms with van der Waals surface area (Å²) in [6.45, 7) is 1.87. The number of rotatable bonds is 4. The highest BCUT2D eigenvalue weighted by atomic mass is 32.2. The zero-order valence-electron chi connectivity index (χ0n) is 10.9. The predicted molar refractivity (Wildman–Crippen MR) is 75.4 cm³/mol. The van der Waals surface area contributed by atoms with E-state index in [1.807, 2.05) is 6.92 Å². The number of nitrogens with one attached hydrogen (secondary N) is 1. The Morgan fingerprint density at radius 3 is 2.58 bits per heavy atom. The molecule has 1 aliphatic carbocycles. The first-order chi connectivity index (χ1) is 9.03. The lowest BCUT2D eigenvalue weighted by Crippen LogP contribution is -2.39. The minimum atomic E-state index is -3.55. The van der Waals surface area contributed by atoms with Crippen LogP contribution in [0.1, 0.15) is 37.0 Å². The smallest absolute Gasteiger partial charge is 0.206 e.